The Balaban J connectivity index is 2.73. The molecule has 0 aromatic heterocycles. The summed E-state index contributed by atoms with van der Waals surface area (Å²) in [5, 5.41) is 46.0. The summed E-state index contributed by atoms with van der Waals surface area (Å²) >= 11 is 0. The third-order valence-electron chi connectivity index (χ3n) is 2.15. The number of ether oxygens (including phenoxy) is 1. The molecule has 1 heterocycles. The summed E-state index contributed by atoms with van der Waals surface area (Å²) in [6.45, 7) is 0. The maximum absolute atomic E-state index is 10.4. The molecule has 1 aliphatic heterocycles. The van der Waals surface area contributed by atoms with Crippen molar-refractivity contribution in [1.29, 1.82) is 0 Å². The summed E-state index contributed by atoms with van der Waals surface area (Å²) in [7, 11) is -5.04. The van der Waals surface area contributed by atoms with Gasteiger partial charge >= 0.3 is 7.82 Å². The molecule has 6 atom stereocenters. The molecular weight excluding hydrogens is 263 g/mol. The molecule has 1 rings (SSSR count). The van der Waals surface area contributed by atoms with Crippen molar-refractivity contribution < 1.29 is 49.1 Å². The van der Waals surface area contributed by atoms with Crippen molar-refractivity contribution in [2.24, 2.45) is 0 Å². The SMILES string of the molecule is O=P(O)(O)OC(O)[C@H]1O[C@H](O)[C@H](O)[C@@H](O)[C@H]1O. The molecule has 0 amide bonds. The van der Waals surface area contributed by atoms with Crippen LogP contribution in [0.2, 0.25) is 0 Å². The summed E-state index contributed by atoms with van der Waals surface area (Å²) in [6.07, 6.45) is -11.6. The first kappa shape index (κ1) is 14.9. The van der Waals surface area contributed by atoms with Crippen LogP contribution in [0, 0.1) is 0 Å². The molecule has 0 bridgehead atoms. The topological polar surface area (TPSA) is 177 Å². The van der Waals surface area contributed by atoms with E-state index in [0.29, 0.717) is 0 Å². The van der Waals surface area contributed by atoms with Gasteiger partial charge in [0.15, 0.2) is 12.6 Å². The molecule has 1 unspecified atom stereocenters. The van der Waals surface area contributed by atoms with Crippen LogP contribution < -0.4 is 0 Å². The van der Waals surface area contributed by atoms with Crippen molar-refractivity contribution in [3.05, 3.63) is 0 Å². The van der Waals surface area contributed by atoms with Gasteiger partial charge in [-0.1, -0.05) is 0 Å². The van der Waals surface area contributed by atoms with Gasteiger partial charge in [-0.25, -0.2) is 4.57 Å². The number of aliphatic hydroxyl groups is 5. The van der Waals surface area contributed by atoms with E-state index in [1.807, 2.05) is 0 Å². The standard InChI is InChI=1S/C6H13O10P/c7-1-2(8)4(15-5(10)3(1)9)6(11)16-17(12,13)14/h1-11H,(H2,12,13,14)/t1-,2+,3+,4-,5-,6?/m0/s1. The van der Waals surface area contributed by atoms with Crippen molar-refractivity contribution in [3.63, 3.8) is 0 Å². The van der Waals surface area contributed by atoms with Crippen LogP contribution in [-0.4, -0.2) is 72.3 Å². The molecule has 1 saturated heterocycles. The molecule has 0 aromatic carbocycles. The summed E-state index contributed by atoms with van der Waals surface area (Å²) in [5.74, 6) is 0. The second kappa shape index (κ2) is 5.24. The highest BCUT2D eigenvalue weighted by Crippen LogP contribution is 2.39. The Labute approximate surface area is 94.9 Å². The smallest absolute Gasteiger partial charge is 0.387 e. The highest BCUT2D eigenvalue weighted by molar-refractivity contribution is 7.46. The van der Waals surface area contributed by atoms with E-state index in [2.05, 4.69) is 9.26 Å². The zero-order valence-electron chi connectivity index (χ0n) is 8.27. The average molecular weight is 276 g/mol. The van der Waals surface area contributed by atoms with Gasteiger partial charge in [0, 0.05) is 0 Å². The second-order valence-electron chi connectivity index (χ2n) is 3.45. The summed E-state index contributed by atoms with van der Waals surface area (Å²) < 4.78 is 18.7. The molecule has 0 aromatic rings. The largest absolute Gasteiger partial charge is 0.472 e. The van der Waals surface area contributed by atoms with Gasteiger partial charge in [-0.3, -0.25) is 4.52 Å². The van der Waals surface area contributed by atoms with E-state index in [9.17, 15) is 19.9 Å². The number of phosphoric ester groups is 1. The number of hydrogen-bond donors (Lipinski definition) is 7. The van der Waals surface area contributed by atoms with Crippen LogP contribution in [0.3, 0.4) is 0 Å². The lowest BCUT2D eigenvalue weighted by Gasteiger charge is -2.39. The van der Waals surface area contributed by atoms with Crippen molar-refractivity contribution >= 4 is 7.82 Å². The molecule has 11 heteroatoms. The normalized spacial score (nSPS) is 41.2. The number of rotatable bonds is 3. The Hall–Kier alpha value is -0.130. The van der Waals surface area contributed by atoms with E-state index in [0.717, 1.165) is 0 Å². The zero-order chi connectivity index (χ0) is 13.4. The monoisotopic (exact) mass is 276 g/mol. The maximum atomic E-state index is 10.4. The van der Waals surface area contributed by atoms with E-state index >= 15 is 0 Å². The average Bonchev–Trinajstić information content (AvgIpc) is 2.17. The lowest BCUT2D eigenvalue weighted by atomic mass is 9.99. The van der Waals surface area contributed by atoms with Crippen molar-refractivity contribution in [1.82, 2.24) is 0 Å². The quantitative estimate of drug-likeness (QED) is 0.200. The fraction of sp³-hybridized carbons (Fsp3) is 1.00. The third kappa shape index (κ3) is 3.66. The fourth-order valence-corrected chi connectivity index (χ4v) is 1.72. The van der Waals surface area contributed by atoms with E-state index in [4.69, 9.17) is 20.0 Å². The van der Waals surface area contributed by atoms with Crippen LogP contribution in [-0.2, 0) is 13.8 Å². The van der Waals surface area contributed by atoms with Gasteiger partial charge in [0.25, 0.3) is 0 Å². The summed E-state index contributed by atoms with van der Waals surface area (Å²) in [5.41, 5.74) is 0. The minimum Gasteiger partial charge on any atom is -0.387 e. The van der Waals surface area contributed by atoms with Crippen LogP contribution in [0.4, 0.5) is 0 Å². The fourth-order valence-electron chi connectivity index (χ4n) is 1.32. The van der Waals surface area contributed by atoms with Crippen LogP contribution in [0.5, 0.6) is 0 Å². The number of aliphatic hydroxyl groups excluding tert-OH is 5. The Morgan fingerprint density at radius 1 is 1.06 bits per heavy atom. The zero-order valence-corrected chi connectivity index (χ0v) is 9.16. The van der Waals surface area contributed by atoms with Crippen LogP contribution >= 0.6 is 7.82 Å². The van der Waals surface area contributed by atoms with Gasteiger partial charge < -0.3 is 40.1 Å². The Morgan fingerprint density at radius 3 is 2.06 bits per heavy atom. The lowest BCUT2D eigenvalue weighted by molar-refractivity contribution is -0.314. The molecule has 0 radical (unpaired) electrons. The molecule has 7 N–H and O–H groups in total. The Bertz CT molecular complexity index is 303. The predicted octanol–water partition coefficient (Wildman–Crippen LogP) is -3.79. The van der Waals surface area contributed by atoms with Gasteiger partial charge in [-0.15, -0.1) is 0 Å². The molecular formula is C6H13O10P. The van der Waals surface area contributed by atoms with E-state index < -0.39 is 44.8 Å². The first-order chi connectivity index (χ1) is 7.63. The van der Waals surface area contributed by atoms with E-state index in [-0.39, 0.29) is 0 Å². The van der Waals surface area contributed by atoms with Crippen LogP contribution in [0.15, 0.2) is 0 Å². The summed E-state index contributed by atoms with van der Waals surface area (Å²) in [4.78, 5) is 16.8. The van der Waals surface area contributed by atoms with E-state index in [1.54, 1.807) is 0 Å². The molecule has 1 aliphatic rings. The van der Waals surface area contributed by atoms with Crippen molar-refractivity contribution in [2.75, 3.05) is 0 Å². The maximum Gasteiger partial charge on any atom is 0.472 e. The predicted molar refractivity (Wildman–Crippen MR) is 48.0 cm³/mol. The molecule has 1 fully saturated rings. The molecule has 102 valence electrons. The number of phosphoric acid groups is 1. The van der Waals surface area contributed by atoms with Crippen molar-refractivity contribution in [3.8, 4) is 0 Å². The molecule has 17 heavy (non-hydrogen) atoms. The minimum absolute atomic E-state index is 1.82. The molecule has 0 spiro atoms. The Kier molecular flexibility index (Phi) is 4.60. The minimum atomic E-state index is -5.04. The lowest BCUT2D eigenvalue weighted by Crippen LogP contribution is -2.60. The van der Waals surface area contributed by atoms with Gasteiger partial charge in [0.2, 0.25) is 0 Å². The van der Waals surface area contributed by atoms with Gasteiger partial charge in [0.05, 0.1) is 0 Å². The summed E-state index contributed by atoms with van der Waals surface area (Å²) in [6, 6.07) is 0. The first-order valence-electron chi connectivity index (χ1n) is 4.43. The molecule has 0 aliphatic carbocycles. The first-order valence-corrected chi connectivity index (χ1v) is 5.96. The van der Waals surface area contributed by atoms with Gasteiger partial charge in [-0.2, -0.15) is 0 Å². The highest BCUT2D eigenvalue weighted by atomic mass is 31.2. The molecule has 10 nitrogen and oxygen atoms in total. The second-order valence-corrected chi connectivity index (χ2v) is 4.64. The van der Waals surface area contributed by atoms with Crippen LogP contribution in [0.1, 0.15) is 0 Å². The van der Waals surface area contributed by atoms with Gasteiger partial charge in [-0.05, 0) is 0 Å². The van der Waals surface area contributed by atoms with Gasteiger partial charge in [0.1, 0.15) is 24.4 Å². The molecule has 0 saturated carbocycles. The van der Waals surface area contributed by atoms with Crippen molar-refractivity contribution in [2.45, 2.75) is 37.0 Å². The number of hydrogen-bond acceptors (Lipinski definition) is 8. The van der Waals surface area contributed by atoms with Crippen LogP contribution in [0.25, 0.3) is 0 Å². The third-order valence-corrected chi connectivity index (χ3v) is 2.64. The highest BCUT2D eigenvalue weighted by Gasteiger charge is 2.47. The van der Waals surface area contributed by atoms with E-state index in [1.165, 1.54) is 0 Å². The Morgan fingerprint density at radius 2 is 1.59 bits per heavy atom.